The van der Waals surface area contributed by atoms with Crippen LogP contribution in [0.3, 0.4) is 0 Å². The van der Waals surface area contributed by atoms with Gasteiger partial charge >= 0.3 is 11.9 Å². The van der Waals surface area contributed by atoms with Gasteiger partial charge in [-0.1, -0.05) is 11.6 Å². The Labute approximate surface area is 128 Å². The number of anilines is 1. The van der Waals surface area contributed by atoms with E-state index in [-0.39, 0.29) is 5.56 Å². The summed E-state index contributed by atoms with van der Waals surface area (Å²) in [6.07, 6.45) is 0. The van der Waals surface area contributed by atoms with Crippen LogP contribution in [0.4, 0.5) is 5.69 Å². The number of carbonyl (C=O) groups is 2. The molecule has 0 N–H and O–H groups in total. The van der Waals surface area contributed by atoms with Crippen LogP contribution in [0.1, 0.15) is 31.1 Å². The molecule has 1 heterocycles. The number of halogens is 1. The summed E-state index contributed by atoms with van der Waals surface area (Å²) in [7, 11) is 1.88. The lowest BCUT2D eigenvalue weighted by Crippen LogP contribution is -2.31. The maximum Gasteiger partial charge on any atom is 0.349 e. The highest BCUT2D eigenvalue weighted by atomic mass is 35.5. The number of nitrogens with zero attached hydrogens (tertiary/aromatic N) is 1. The standard InChI is InChI=1S/C15H18ClNO4/c1-15(2,3)14(19)21-13(18)10-7-9(16)8-11-12(10)20-6-5-17(11)4/h7-8H,5-6H2,1-4H3. The van der Waals surface area contributed by atoms with Gasteiger partial charge in [0.2, 0.25) is 0 Å². The molecule has 0 spiro atoms. The molecule has 1 aliphatic rings. The first-order valence-corrected chi connectivity index (χ1v) is 7.02. The van der Waals surface area contributed by atoms with Crippen molar-refractivity contribution < 1.29 is 19.1 Å². The monoisotopic (exact) mass is 311 g/mol. The maximum absolute atomic E-state index is 12.2. The number of hydrogen-bond donors (Lipinski definition) is 0. The van der Waals surface area contributed by atoms with Crippen molar-refractivity contribution in [3.63, 3.8) is 0 Å². The van der Waals surface area contributed by atoms with Crippen molar-refractivity contribution in [1.29, 1.82) is 0 Å². The second kappa shape index (κ2) is 5.56. The van der Waals surface area contributed by atoms with Crippen LogP contribution in [0, 0.1) is 5.41 Å². The van der Waals surface area contributed by atoms with Crippen LogP contribution in [0.15, 0.2) is 12.1 Å². The molecule has 1 aromatic carbocycles. The number of likely N-dealkylation sites (N-methyl/N-ethyl adjacent to an activating group) is 1. The van der Waals surface area contributed by atoms with Crippen molar-refractivity contribution in [2.45, 2.75) is 20.8 Å². The number of hydrogen-bond acceptors (Lipinski definition) is 5. The van der Waals surface area contributed by atoms with E-state index in [2.05, 4.69) is 0 Å². The van der Waals surface area contributed by atoms with Crippen LogP contribution < -0.4 is 9.64 Å². The van der Waals surface area contributed by atoms with Crippen LogP contribution in [0.5, 0.6) is 5.75 Å². The first-order valence-electron chi connectivity index (χ1n) is 6.64. The van der Waals surface area contributed by atoms with E-state index >= 15 is 0 Å². The Morgan fingerprint density at radius 3 is 2.62 bits per heavy atom. The molecule has 0 bridgehead atoms. The fourth-order valence-electron chi connectivity index (χ4n) is 1.86. The molecule has 1 aliphatic heterocycles. The summed E-state index contributed by atoms with van der Waals surface area (Å²) in [5.74, 6) is -0.936. The number of ether oxygens (including phenoxy) is 2. The zero-order chi connectivity index (χ0) is 15.8. The maximum atomic E-state index is 12.2. The molecule has 0 unspecified atom stereocenters. The third-order valence-corrected chi connectivity index (χ3v) is 3.35. The SMILES string of the molecule is CN1CCOc2c(C(=O)OC(=O)C(C)(C)C)cc(Cl)cc21. The van der Waals surface area contributed by atoms with Crippen LogP contribution in [-0.4, -0.2) is 32.1 Å². The molecule has 0 aromatic heterocycles. The largest absolute Gasteiger partial charge is 0.489 e. The molecule has 6 heteroatoms. The Bertz CT molecular complexity index is 592. The summed E-state index contributed by atoms with van der Waals surface area (Å²) in [5.41, 5.74) is 0.122. The molecule has 2 rings (SSSR count). The summed E-state index contributed by atoms with van der Waals surface area (Å²) in [4.78, 5) is 26.0. The van der Waals surface area contributed by atoms with E-state index in [4.69, 9.17) is 21.1 Å². The second-order valence-electron chi connectivity index (χ2n) is 6.00. The van der Waals surface area contributed by atoms with Gasteiger partial charge in [0.25, 0.3) is 0 Å². The fraction of sp³-hybridized carbons (Fsp3) is 0.467. The number of rotatable bonds is 1. The predicted octanol–water partition coefficient (Wildman–Crippen LogP) is 2.90. The third kappa shape index (κ3) is 3.29. The summed E-state index contributed by atoms with van der Waals surface area (Å²) in [6, 6.07) is 3.18. The lowest BCUT2D eigenvalue weighted by Gasteiger charge is -2.29. The molecule has 0 fully saturated rings. The zero-order valence-corrected chi connectivity index (χ0v) is 13.3. The third-order valence-electron chi connectivity index (χ3n) is 3.14. The van der Waals surface area contributed by atoms with Gasteiger partial charge in [0, 0.05) is 12.1 Å². The topological polar surface area (TPSA) is 55.8 Å². The number of esters is 2. The molecular formula is C15H18ClNO4. The fourth-order valence-corrected chi connectivity index (χ4v) is 2.08. The van der Waals surface area contributed by atoms with Crippen molar-refractivity contribution >= 4 is 29.2 Å². The Morgan fingerprint density at radius 2 is 2.00 bits per heavy atom. The Hall–Kier alpha value is -1.75. The first kappa shape index (κ1) is 15.6. The smallest absolute Gasteiger partial charge is 0.349 e. The van der Waals surface area contributed by atoms with Crippen molar-refractivity contribution in [2.24, 2.45) is 5.41 Å². The minimum absolute atomic E-state index is 0.168. The van der Waals surface area contributed by atoms with E-state index in [1.807, 2.05) is 11.9 Å². The molecule has 0 atom stereocenters. The molecule has 0 saturated heterocycles. The van der Waals surface area contributed by atoms with Gasteiger partial charge in [0.1, 0.15) is 12.2 Å². The lowest BCUT2D eigenvalue weighted by molar-refractivity contribution is -0.146. The minimum atomic E-state index is -0.758. The van der Waals surface area contributed by atoms with Gasteiger partial charge in [-0.15, -0.1) is 0 Å². The number of benzene rings is 1. The Balaban J connectivity index is 2.36. The van der Waals surface area contributed by atoms with Gasteiger partial charge in [-0.2, -0.15) is 0 Å². The average Bonchev–Trinajstić information content (AvgIpc) is 2.37. The molecule has 21 heavy (non-hydrogen) atoms. The van der Waals surface area contributed by atoms with Crippen LogP contribution in [-0.2, 0) is 9.53 Å². The molecule has 0 radical (unpaired) electrons. The van der Waals surface area contributed by atoms with Crippen molar-refractivity contribution in [3.05, 3.63) is 22.7 Å². The van der Waals surface area contributed by atoms with E-state index < -0.39 is 17.4 Å². The van der Waals surface area contributed by atoms with E-state index in [1.165, 1.54) is 6.07 Å². The quantitative estimate of drug-likeness (QED) is 0.589. The minimum Gasteiger partial charge on any atom is -0.489 e. The van der Waals surface area contributed by atoms with Gasteiger partial charge < -0.3 is 14.4 Å². The van der Waals surface area contributed by atoms with Gasteiger partial charge in [-0.05, 0) is 32.9 Å². The van der Waals surface area contributed by atoms with E-state index in [0.29, 0.717) is 29.6 Å². The summed E-state index contributed by atoms with van der Waals surface area (Å²) in [5, 5.41) is 0.390. The molecule has 0 aliphatic carbocycles. The molecule has 0 amide bonds. The van der Waals surface area contributed by atoms with Crippen LogP contribution in [0.25, 0.3) is 0 Å². The highest BCUT2D eigenvalue weighted by Gasteiger charge is 2.30. The zero-order valence-electron chi connectivity index (χ0n) is 12.5. The summed E-state index contributed by atoms with van der Waals surface area (Å²) >= 11 is 6.04. The molecule has 5 nitrogen and oxygen atoms in total. The normalized spacial score (nSPS) is 14.2. The Kier molecular flexibility index (Phi) is 4.14. The highest BCUT2D eigenvalue weighted by Crippen LogP contribution is 2.37. The summed E-state index contributed by atoms with van der Waals surface area (Å²) < 4.78 is 10.5. The van der Waals surface area contributed by atoms with E-state index in [0.717, 1.165) is 0 Å². The average molecular weight is 312 g/mol. The van der Waals surface area contributed by atoms with Crippen molar-refractivity contribution in [2.75, 3.05) is 25.1 Å². The van der Waals surface area contributed by atoms with Gasteiger partial charge in [0.15, 0.2) is 5.75 Å². The molecule has 1 aromatic rings. The van der Waals surface area contributed by atoms with Crippen molar-refractivity contribution in [3.8, 4) is 5.75 Å². The summed E-state index contributed by atoms with van der Waals surface area (Å²) in [6.45, 7) is 6.20. The van der Waals surface area contributed by atoms with Gasteiger partial charge in [-0.25, -0.2) is 4.79 Å². The Morgan fingerprint density at radius 1 is 1.33 bits per heavy atom. The number of carbonyl (C=O) groups excluding carboxylic acids is 2. The second-order valence-corrected chi connectivity index (χ2v) is 6.44. The van der Waals surface area contributed by atoms with Gasteiger partial charge in [0.05, 0.1) is 17.6 Å². The van der Waals surface area contributed by atoms with E-state index in [1.54, 1.807) is 26.8 Å². The van der Waals surface area contributed by atoms with Gasteiger partial charge in [-0.3, -0.25) is 4.79 Å². The molecule has 0 saturated carbocycles. The molecular weight excluding hydrogens is 294 g/mol. The van der Waals surface area contributed by atoms with Crippen LogP contribution >= 0.6 is 11.6 Å². The van der Waals surface area contributed by atoms with Crippen LogP contribution in [0.2, 0.25) is 5.02 Å². The number of fused-ring (bicyclic) bond motifs is 1. The first-order chi connectivity index (χ1) is 9.70. The highest BCUT2D eigenvalue weighted by molar-refractivity contribution is 6.31. The van der Waals surface area contributed by atoms with E-state index in [9.17, 15) is 9.59 Å². The lowest BCUT2D eigenvalue weighted by atomic mass is 9.97. The molecule has 114 valence electrons. The van der Waals surface area contributed by atoms with Crippen molar-refractivity contribution in [1.82, 2.24) is 0 Å². The predicted molar refractivity (Wildman–Crippen MR) is 80.1 cm³/mol.